The molecule has 1 aliphatic heterocycles. The monoisotopic (exact) mass is 254 g/mol. The van der Waals surface area contributed by atoms with Gasteiger partial charge < -0.3 is 15.4 Å². The lowest BCUT2D eigenvalue weighted by atomic mass is 9.84. The zero-order valence-electron chi connectivity index (χ0n) is 11.6. The van der Waals surface area contributed by atoms with Gasteiger partial charge >= 0.3 is 0 Å². The Bertz CT molecular complexity index is 277. The molecule has 0 aromatic carbocycles. The summed E-state index contributed by atoms with van der Waals surface area (Å²) < 4.78 is 5.27. The highest BCUT2D eigenvalue weighted by Gasteiger charge is 2.31. The van der Waals surface area contributed by atoms with Gasteiger partial charge in [0.15, 0.2) is 0 Å². The lowest BCUT2D eigenvalue weighted by molar-refractivity contribution is -0.124. The Hall–Kier alpha value is -0.610. The number of nitrogens with one attached hydrogen (secondary N) is 2. The number of carbonyl (C=O) groups is 1. The van der Waals surface area contributed by atoms with Crippen LogP contribution in [0.25, 0.3) is 0 Å². The Morgan fingerprint density at radius 2 is 2.06 bits per heavy atom. The van der Waals surface area contributed by atoms with E-state index in [0.717, 1.165) is 13.0 Å². The number of rotatable bonds is 4. The van der Waals surface area contributed by atoms with Crippen LogP contribution >= 0.6 is 0 Å². The van der Waals surface area contributed by atoms with Crippen molar-refractivity contribution < 1.29 is 9.53 Å². The first-order chi connectivity index (χ1) is 8.70. The molecule has 4 nitrogen and oxygen atoms in total. The maximum atomic E-state index is 12.1. The standard InChI is InChI=1S/C14H26N2O2/c1-10(11-6-4-3-5-7-11)16-14(17)13-8-12(18-2)9-15-13/h10-13,15H,3-9H2,1-2H3,(H,16,17). The van der Waals surface area contributed by atoms with E-state index >= 15 is 0 Å². The quantitative estimate of drug-likeness (QED) is 0.798. The lowest BCUT2D eigenvalue weighted by Gasteiger charge is -2.29. The van der Waals surface area contributed by atoms with Gasteiger partial charge in [0.25, 0.3) is 0 Å². The van der Waals surface area contributed by atoms with Crippen molar-refractivity contribution in [3.05, 3.63) is 0 Å². The van der Waals surface area contributed by atoms with Crippen LogP contribution in [-0.2, 0) is 9.53 Å². The number of hydrogen-bond acceptors (Lipinski definition) is 3. The van der Waals surface area contributed by atoms with E-state index in [1.165, 1.54) is 32.1 Å². The van der Waals surface area contributed by atoms with E-state index in [1.807, 2.05) is 0 Å². The van der Waals surface area contributed by atoms with Gasteiger partial charge in [-0.05, 0) is 32.1 Å². The number of amides is 1. The van der Waals surface area contributed by atoms with Crippen LogP contribution in [-0.4, -0.2) is 37.7 Å². The molecule has 0 radical (unpaired) electrons. The van der Waals surface area contributed by atoms with Crippen molar-refractivity contribution in [3.8, 4) is 0 Å². The number of ether oxygens (including phenoxy) is 1. The number of methoxy groups -OCH3 is 1. The maximum Gasteiger partial charge on any atom is 0.237 e. The Balaban J connectivity index is 1.76. The fraction of sp³-hybridized carbons (Fsp3) is 0.929. The SMILES string of the molecule is COC1CNC(C(=O)NC(C)C2CCCCC2)C1. The van der Waals surface area contributed by atoms with E-state index in [4.69, 9.17) is 4.74 Å². The van der Waals surface area contributed by atoms with E-state index in [-0.39, 0.29) is 18.1 Å². The second kappa shape index (κ2) is 6.53. The second-order valence-electron chi connectivity index (χ2n) is 5.75. The minimum atomic E-state index is -0.0685. The first-order valence-electron chi connectivity index (χ1n) is 7.27. The molecule has 104 valence electrons. The molecule has 0 spiro atoms. The highest BCUT2D eigenvalue weighted by Crippen LogP contribution is 2.26. The van der Waals surface area contributed by atoms with Crippen LogP contribution in [0.4, 0.5) is 0 Å². The van der Waals surface area contributed by atoms with Crippen molar-refractivity contribution in [1.29, 1.82) is 0 Å². The Labute approximate surface area is 110 Å². The molecule has 4 heteroatoms. The van der Waals surface area contributed by atoms with E-state index in [0.29, 0.717) is 12.0 Å². The molecule has 2 fully saturated rings. The van der Waals surface area contributed by atoms with Gasteiger partial charge in [-0.15, -0.1) is 0 Å². The van der Waals surface area contributed by atoms with Gasteiger partial charge in [-0.1, -0.05) is 19.3 Å². The smallest absolute Gasteiger partial charge is 0.237 e. The molecule has 18 heavy (non-hydrogen) atoms. The minimum Gasteiger partial charge on any atom is -0.380 e. The molecule has 3 unspecified atom stereocenters. The summed E-state index contributed by atoms with van der Waals surface area (Å²) in [6.07, 6.45) is 7.50. The van der Waals surface area contributed by atoms with Crippen LogP contribution < -0.4 is 10.6 Å². The molecule has 0 aromatic heterocycles. The summed E-state index contributed by atoms with van der Waals surface area (Å²) in [7, 11) is 1.71. The molecule has 1 saturated heterocycles. The van der Waals surface area contributed by atoms with Crippen LogP contribution in [0.5, 0.6) is 0 Å². The molecular weight excluding hydrogens is 228 g/mol. The fourth-order valence-electron chi connectivity index (χ4n) is 3.16. The molecule has 3 atom stereocenters. The molecule has 2 aliphatic rings. The number of hydrogen-bond donors (Lipinski definition) is 2. The van der Waals surface area contributed by atoms with Crippen molar-refractivity contribution in [1.82, 2.24) is 10.6 Å². The van der Waals surface area contributed by atoms with E-state index in [2.05, 4.69) is 17.6 Å². The molecule has 1 amide bonds. The van der Waals surface area contributed by atoms with Crippen molar-refractivity contribution in [2.45, 2.75) is 63.6 Å². The molecule has 2 rings (SSSR count). The molecule has 0 aromatic rings. The first kappa shape index (κ1) is 13.8. The Kier molecular flexibility index (Phi) is 5.01. The largest absolute Gasteiger partial charge is 0.380 e. The lowest BCUT2D eigenvalue weighted by Crippen LogP contribution is -2.46. The minimum absolute atomic E-state index is 0.0685. The van der Waals surface area contributed by atoms with E-state index < -0.39 is 0 Å². The van der Waals surface area contributed by atoms with E-state index in [9.17, 15) is 4.79 Å². The van der Waals surface area contributed by atoms with Crippen LogP contribution in [0.1, 0.15) is 45.4 Å². The van der Waals surface area contributed by atoms with Crippen molar-refractivity contribution in [2.24, 2.45) is 5.92 Å². The van der Waals surface area contributed by atoms with Gasteiger partial charge in [0.05, 0.1) is 12.1 Å². The summed E-state index contributed by atoms with van der Waals surface area (Å²) in [5, 5.41) is 6.41. The maximum absolute atomic E-state index is 12.1. The fourth-order valence-corrected chi connectivity index (χ4v) is 3.16. The summed E-state index contributed by atoms with van der Waals surface area (Å²) in [5.41, 5.74) is 0. The summed E-state index contributed by atoms with van der Waals surface area (Å²) in [5.74, 6) is 0.815. The van der Waals surface area contributed by atoms with Crippen molar-refractivity contribution in [3.63, 3.8) is 0 Å². The molecule has 1 heterocycles. The third-order valence-electron chi connectivity index (χ3n) is 4.47. The molecule has 0 bridgehead atoms. The van der Waals surface area contributed by atoms with Gasteiger partial charge in [0.2, 0.25) is 5.91 Å². The summed E-state index contributed by atoms with van der Waals surface area (Å²) in [4.78, 5) is 12.1. The topological polar surface area (TPSA) is 50.4 Å². The Morgan fingerprint density at radius 3 is 2.67 bits per heavy atom. The predicted octanol–water partition coefficient (Wildman–Crippen LogP) is 1.45. The zero-order valence-corrected chi connectivity index (χ0v) is 11.6. The summed E-state index contributed by atoms with van der Waals surface area (Å²) in [6, 6.07) is 0.238. The second-order valence-corrected chi connectivity index (χ2v) is 5.75. The van der Waals surface area contributed by atoms with E-state index in [1.54, 1.807) is 7.11 Å². The van der Waals surface area contributed by atoms with Gasteiger partial charge in [-0.3, -0.25) is 4.79 Å². The predicted molar refractivity (Wildman–Crippen MR) is 71.4 cm³/mol. The normalized spacial score (nSPS) is 31.2. The van der Waals surface area contributed by atoms with Gasteiger partial charge in [-0.2, -0.15) is 0 Å². The number of carbonyl (C=O) groups excluding carboxylic acids is 1. The van der Waals surface area contributed by atoms with Crippen LogP contribution in [0.2, 0.25) is 0 Å². The highest BCUT2D eigenvalue weighted by atomic mass is 16.5. The average Bonchev–Trinajstić information content (AvgIpc) is 2.88. The zero-order chi connectivity index (χ0) is 13.0. The molecule has 1 saturated carbocycles. The van der Waals surface area contributed by atoms with Crippen LogP contribution in [0.3, 0.4) is 0 Å². The van der Waals surface area contributed by atoms with Gasteiger partial charge in [0.1, 0.15) is 0 Å². The van der Waals surface area contributed by atoms with Crippen LogP contribution in [0, 0.1) is 5.92 Å². The third-order valence-corrected chi connectivity index (χ3v) is 4.47. The Morgan fingerprint density at radius 1 is 1.33 bits per heavy atom. The summed E-state index contributed by atoms with van der Waals surface area (Å²) in [6.45, 7) is 2.93. The average molecular weight is 254 g/mol. The molecule has 2 N–H and O–H groups in total. The molecular formula is C14H26N2O2. The molecule has 1 aliphatic carbocycles. The third kappa shape index (κ3) is 3.45. The van der Waals surface area contributed by atoms with Gasteiger partial charge in [0, 0.05) is 19.7 Å². The first-order valence-corrected chi connectivity index (χ1v) is 7.27. The van der Waals surface area contributed by atoms with Crippen molar-refractivity contribution >= 4 is 5.91 Å². The summed E-state index contributed by atoms with van der Waals surface area (Å²) >= 11 is 0. The highest BCUT2D eigenvalue weighted by molar-refractivity contribution is 5.82. The van der Waals surface area contributed by atoms with Crippen LogP contribution in [0.15, 0.2) is 0 Å². The van der Waals surface area contributed by atoms with Crippen molar-refractivity contribution in [2.75, 3.05) is 13.7 Å². The van der Waals surface area contributed by atoms with Gasteiger partial charge in [-0.25, -0.2) is 0 Å².